The largest absolute Gasteiger partial charge is 0.313 e. The zero-order valence-corrected chi connectivity index (χ0v) is 12.2. The van der Waals surface area contributed by atoms with Crippen LogP contribution in [0.2, 0.25) is 0 Å². The molecule has 3 aliphatic rings. The van der Waals surface area contributed by atoms with Gasteiger partial charge in [0.15, 0.2) is 0 Å². The quantitative estimate of drug-likeness (QED) is 0.825. The average Bonchev–Trinajstić information content (AvgIpc) is 2.86. The van der Waals surface area contributed by atoms with Crippen molar-refractivity contribution >= 4 is 11.8 Å². The second-order valence-corrected chi connectivity index (χ2v) is 8.45. The minimum Gasteiger partial charge on any atom is -0.313 e. The molecule has 2 bridgehead atoms. The summed E-state index contributed by atoms with van der Waals surface area (Å²) in [6.07, 6.45) is 7.52. The van der Waals surface area contributed by atoms with Gasteiger partial charge in [0, 0.05) is 11.8 Å². The fourth-order valence-electron chi connectivity index (χ4n) is 4.34. The van der Waals surface area contributed by atoms with Crippen molar-refractivity contribution in [3.63, 3.8) is 0 Å². The van der Waals surface area contributed by atoms with Gasteiger partial charge >= 0.3 is 0 Å². The summed E-state index contributed by atoms with van der Waals surface area (Å²) in [6.45, 7) is 6.15. The van der Waals surface area contributed by atoms with Gasteiger partial charge < -0.3 is 5.32 Å². The monoisotopic (exact) mass is 253 g/mol. The maximum Gasteiger partial charge on any atom is 0.0163 e. The van der Waals surface area contributed by atoms with Gasteiger partial charge in [0.05, 0.1) is 0 Å². The Hall–Kier alpha value is 0.310. The van der Waals surface area contributed by atoms with E-state index in [1.54, 1.807) is 6.42 Å². The van der Waals surface area contributed by atoms with E-state index in [1.807, 2.05) is 0 Å². The third-order valence-corrected chi connectivity index (χ3v) is 6.79. The van der Waals surface area contributed by atoms with Crippen molar-refractivity contribution in [2.24, 2.45) is 23.2 Å². The van der Waals surface area contributed by atoms with Crippen LogP contribution in [0.5, 0.6) is 0 Å². The van der Waals surface area contributed by atoms with Crippen molar-refractivity contribution in [2.45, 2.75) is 52.0 Å². The molecule has 2 aliphatic carbocycles. The van der Waals surface area contributed by atoms with Gasteiger partial charge in [0.1, 0.15) is 0 Å². The van der Waals surface area contributed by atoms with E-state index in [9.17, 15) is 0 Å². The van der Waals surface area contributed by atoms with E-state index in [2.05, 4.69) is 30.9 Å². The lowest BCUT2D eigenvalue weighted by Crippen LogP contribution is -2.42. The van der Waals surface area contributed by atoms with Crippen LogP contribution in [0.4, 0.5) is 0 Å². The first-order chi connectivity index (χ1) is 8.12. The summed E-state index contributed by atoms with van der Waals surface area (Å²) in [5, 5.41) is 3.88. The molecule has 1 saturated heterocycles. The third-order valence-electron chi connectivity index (χ3n) is 5.16. The van der Waals surface area contributed by atoms with E-state index in [0.717, 1.165) is 23.8 Å². The van der Waals surface area contributed by atoms with E-state index in [1.165, 1.54) is 43.7 Å². The van der Waals surface area contributed by atoms with E-state index < -0.39 is 0 Å². The lowest BCUT2D eigenvalue weighted by atomic mass is 9.86. The normalized spacial score (nSPS) is 44.1. The summed E-state index contributed by atoms with van der Waals surface area (Å²) in [6, 6.07) is 0.780. The van der Waals surface area contributed by atoms with Crippen LogP contribution in [0.3, 0.4) is 0 Å². The first kappa shape index (κ1) is 12.3. The summed E-state index contributed by atoms with van der Waals surface area (Å²) < 4.78 is 0. The van der Waals surface area contributed by atoms with Crippen LogP contribution >= 0.6 is 11.8 Å². The van der Waals surface area contributed by atoms with Crippen molar-refractivity contribution in [1.29, 1.82) is 0 Å². The van der Waals surface area contributed by atoms with Gasteiger partial charge in [-0.2, -0.15) is 11.8 Å². The Balaban J connectivity index is 1.45. The lowest BCUT2D eigenvalue weighted by molar-refractivity contribution is 0.274. The molecule has 2 heteroatoms. The van der Waals surface area contributed by atoms with Crippen molar-refractivity contribution in [3.05, 3.63) is 0 Å². The van der Waals surface area contributed by atoms with Crippen LogP contribution in [0.25, 0.3) is 0 Å². The van der Waals surface area contributed by atoms with Crippen LogP contribution < -0.4 is 5.32 Å². The molecule has 98 valence electrons. The molecule has 4 atom stereocenters. The highest BCUT2D eigenvalue weighted by Crippen LogP contribution is 2.48. The van der Waals surface area contributed by atoms with Gasteiger partial charge in [-0.25, -0.2) is 0 Å². The zero-order chi connectivity index (χ0) is 11.9. The fourth-order valence-corrected chi connectivity index (χ4v) is 5.65. The smallest absolute Gasteiger partial charge is 0.0163 e. The molecule has 0 amide bonds. The number of fused-ring (bicyclic) bond motifs is 2. The second kappa shape index (κ2) is 4.77. The summed E-state index contributed by atoms with van der Waals surface area (Å²) in [7, 11) is 0. The van der Waals surface area contributed by atoms with E-state index in [0.29, 0.717) is 5.41 Å². The average molecular weight is 253 g/mol. The summed E-state index contributed by atoms with van der Waals surface area (Å²) in [5.41, 5.74) is 0.551. The Bertz CT molecular complexity index is 276. The molecular formula is C15H27NS. The minimum atomic E-state index is 0.551. The molecule has 4 unspecified atom stereocenters. The van der Waals surface area contributed by atoms with Gasteiger partial charge in [-0.15, -0.1) is 0 Å². The Labute approximate surface area is 111 Å². The first-order valence-electron chi connectivity index (χ1n) is 7.43. The van der Waals surface area contributed by atoms with E-state index in [4.69, 9.17) is 0 Å². The van der Waals surface area contributed by atoms with Crippen LogP contribution in [-0.2, 0) is 0 Å². The summed E-state index contributed by atoms with van der Waals surface area (Å²) in [5.74, 6) is 5.88. The molecule has 1 nitrogen and oxygen atoms in total. The Morgan fingerprint density at radius 3 is 2.76 bits per heavy atom. The highest BCUT2D eigenvalue weighted by atomic mass is 32.2. The molecule has 3 fully saturated rings. The van der Waals surface area contributed by atoms with E-state index in [-0.39, 0.29) is 0 Å². The molecular weight excluding hydrogens is 226 g/mol. The Morgan fingerprint density at radius 1 is 1.24 bits per heavy atom. The molecule has 2 saturated carbocycles. The van der Waals surface area contributed by atoms with Crippen LogP contribution in [0.15, 0.2) is 0 Å². The van der Waals surface area contributed by atoms with Crippen molar-refractivity contribution in [2.75, 3.05) is 18.1 Å². The molecule has 0 aromatic heterocycles. The van der Waals surface area contributed by atoms with Crippen molar-refractivity contribution in [3.8, 4) is 0 Å². The Morgan fingerprint density at radius 2 is 2.12 bits per heavy atom. The standard InChI is InChI=1S/C15H27NS/c1-15(2)7-14(9-17-10-15)16-8-13-6-11-3-4-12(13)5-11/h11-14,16H,3-10H2,1-2H3. The predicted octanol–water partition coefficient (Wildman–Crippen LogP) is 3.54. The van der Waals surface area contributed by atoms with Gasteiger partial charge in [0.25, 0.3) is 0 Å². The molecule has 0 radical (unpaired) electrons. The summed E-state index contributed by atoms with van der Waals surface area (Å²) in [4.78, 5) is 0. The molecule has 1 heterocycles. The molecule has 17 heavy (non-hydrogen) atoms. The predicted molar refractivity (Wildman–Crippen MR) is 76.5 cm³/mol. The maximum absolute atomic E-state index is 3.88. The van der Waals surface area contributed by atoms with Crippen molar-refractivity contribution < 1.29 is 0 Å². The highest BCUT2D eigenvalue weighted by molar-refractivity contribution is 7.99. The molecule has 0 aromatic rings. The first-order valence-corrected chi connectivity index (χ1v) is 8.59. The van der Waals surface area contributed by atoms with Gasteiger partial charge in [-0.3, -0.25) is 0 Å². The maximum atomic E-state index is 3.88. The molecule has 3 rings (SSSR count). The minimum absolute atomic E-state index is 0.551. The topological polar surface area (TPSA) is 12.0 Å². The van der Waals surface area contributed by atoms with Crippen LogP contribution in [-0.4, -0.2) is 24.1 Å². The number of thioether (sulfide) groups is 1. The van der Waals surface area contributed by atoms with Gasteiger partial charge in [-0.05, 0) is 61.1 Å². The number of hydrogen-bond donors (Lipinski definition) is 1. The van der Waals surface area contributed by atoms with E-state index >= 15 is 0 Å². The van der Waals surface area contributed by atoms with Gasteiger partial charge in [-0.1, -0.05) is 20.3 Å². The molecule has 1 N–H and O–H groups in total. The second-order valence-electron chi connectivity index (χ2n) is 7.42. The van der Waals surface area contributed by atoms with Crippen LogP contribution in [0, 0.1) is 23.2 Å². The number of hydrogen-bond acceptors (Lipinski definition) is 2. The number of nitrogens with one attached hydrogen (secondary N) is 1. The third kappa shape index (κ3) is 2.84. The Kier molecular flexibility index (Phi) is 3.47. The highest BCUT2D eigenvalue weighted by Gasteiger charge is 2.39. The van der Waals surface area contributed by atoms with Gasteiger partial charge in [0.2, 0.25) is 0 Å². The van der Waals surface area contributed by atoms with Crippen LogP contribution in [0.1, 0.15) is 46.0 Å². The zero-order valence-electron chi connectivity index (χ0n) is 11.4. The summed E-state index contributed by atoms with van der Waals surface area (Å²) >= 11 is 2.15. The lowest BCUT2D eigenvalue weighted by Gasteiger charge is -2.36. The number of rotatable bonds is 3. The van der Waals surface area contributed by atoms with Crippen molar-refractivity contribution in [1.82, 2.24) is 5.32 Å². The molecule has 1 aliphatic heterocycles. The fraction of sp³-hybridized carbons (Fsp3) is 1.00. The molecule has 0 spiro atoms. The SMILES string of the molecule is CC1(C)CSCC(NCC2CC3CCC2C3)C1. The molecule has 0 aromatic carbocycles.